The number of methoxy groups -OCH3 is 1. The van der Waals surface area contributed by atoms with Gasteiger partial charge in [-0.2, -0.15) is 0 Å². The molecule has 0 spiro atoms. The number of phenols is 1. The van der Waals surface area contributed by atoms with Gasteiger partial charge in [0, 0.05) is 14.5 Å². The van der Waals surface area contributed by atoms with Crippen LogP contribution in [0.4, 0.5) is 4.79 Å². The van der Waals surface area contributed by atoms with Crippen LogP contribution in [0.1, 0.15) is 15.9 Å². The minimum atomic E-state index is -0.542. The van der Waals surface area contributed by atoms with Gasteiger partial charge in [0.1, 0.15) is 0 Å². The number of hydrogen-bond donors (Lipinski definition) is 1. The predicted octanol–water partition coefficient (Wildman–Crippen LogP) is 4.85. The first-order valence-corrected chi connectivity index (χ1v) is 10.3. The van der Waals surface area contributed by atoms with E-state index in [0.29, 0.717) is 15.6 Å². The Morgan fingerprint density at radius 2 is 1.89 bits per heavy atom. The third-order valence-corrected chi connectivity index (χ3v) is 6.05. The molecule has 1 heterocycles. The Kier molecular flexibility index (Phi) is 6.26. The molecule has 2 amide bonds. The molecule has 1 N–H and O–H groups in total. The Hall–Kier alpha value is -2.10. The van der Waals surface area contributed by atoms with Gasteiger partial charge in [-0.05, 0) is 47.7 Å². The highest BCUT2D eigenvalue weighted by atomic mass is 79.9. The van der Waals surface area contributed by atoms with Crippen LogP contribution in [0.3, 0.4) is 0 Å². The molecule has 0 saturated carbocycles. The number of imide groups is 1. The smallest absolute Gasteiger partial charge is 0.293 e. The largest absolute Gasteiger partial charge is 0.504 e. The topological polar surface area (TPSA) is 83.9 Å². The number of ether oxygens (including phenoxy) is 1. The van der Waals surface area contributed by atoms with Crippen molar-refractivity contribution in [1.29, 1.82) is 0 Å². The fourth-order valence-corrected chi connectivity index (χ4v) is 4.02. The van der Waals surface area contributed by atoms with Crippen molar-refractivity contribution in [3.63, 3.8) is 0 Å². The van der Waals surface area contributed by atoms with Crippen molar-refractivity contribution in [2.75, 3.05) is 13.7 Å². The molecule has 1 aliphatic rings. The van der Waals surface area contributed by atoms with Gasteiger partial charge in [0.2, 0.25) is 0 Å². The van der Waals surface area contributed by atoms with Crippen LogP contribution in [0, 0.1) is 0 Å². The number of Topliss-reactive ketones (excluding diaryl/α,β-unsaturated/α-hetero) is 1. The number of ketones is 1. The second-order valence-corrected chi connectivity index (χ2v) is 8.51. The van der Waals surface area contributed by atoms with Crippen LogP contribution in [-0.4, -0.2) is 40.6 Å². The second kappa shape index (κ2) is 8.50. The van der Waals surface area contributed by atoms with E-state index in [2.05, 4.69) is 31.9 Å². The van der Waals surface area contributed by atoms with Gasteiger partial charge in [-0.25, -0.2) is 0 Å². The number of phenolic OH excluding ortho intramolecular Hbond substituents is 1. The van der Waals surface area contributed by atoms with Gasteiger partial charge in [-0.1, -0.05) is 44.0 Å². The van der Waals surface area contributed by atoms with Crippen LogP contribution in [0.15, 0.2) is 50.2 Å². The molecule has 2 aromatic carbocycles. The highest BCUT2D eigenvalue weighted by molar-refractivity contribution is 9.10. The molecule has 1 saturated heterocycles. The van der Waals surface area contributed by atoms with Crippen molar-refractivity contribution < 1.29 is 24.2 Å². The number of amides is 2. The Bertz CT molecular complexity index is 1000. The van der Waals surface area contributed by atoms with Crippen molar-refractivity contribution in [3.8, 4) is 11.5 Å². The van der Waals surface area contributed by atoms with Crippen LogP contribution in [0.2, 0.25) is 0 Å². The molecule has 1 aliphatic heterocycles. The van der Waals surface area contributed by atoms with Crippen molar-refractivity contribution in [3.05, 3.63) is 61.4 Å². The summed E-state index contributed by atoms with van der Waals surface area (Å²) < 4.78 is 6.42. The summed E-state index contributed by atoms with van der Waals surface area (Å²) in [5.74, 6) is -0.693. The Labute approximate surface area is 181 Å². The van der Waals surface area contributed by atoms with Crippen molar-refractivity contribution >= 4 is 66.6 Å². The molecule has 0 unspecified atom stereocenters. The molecular weight excluding hydrogens is 514 g/mol. The summed E-state index contributed by atoms with van der Waals surface area (Å²) in [4.78, 5) is 38.4. The van der Waals surface area contributed by atoms with Crippen LogP contribution in [0.5, 0.6) is 11.5 Å². The average molecular weight is 527 g/mol. The van der Waals surface area contributed by atoms with Crippen molar-refractivity contribution in [1.82, 2.24) is 4.90 Å². The van der Waals surface area contributed by atoms with Gasteiger partial charge in [-0.15, -0.1) is 0 Å². The van der Waals surface area contributed by atoms with E-state index in [1.807, 2.05) is 0 Å². The minimum Gasteiger partial charge on any atom is -0.504 e. The number of benzene rings is 2. The fraction of sp³-hybridized carbons (Fsp3) is 0.105. The molecule has 9 heteroatoms. The van der Waals surface area contributed by atoms with E-state index in [1.165, 1.54) is 19.3 Å². The highest BCUT2D eigenvalue weighted by Gasteiger charge is 2.36. The molecular formula is C19H13Br2NO5S. The van der Waals surface area contributed by atoms with Gasteiger partial charge in [0.05, 0.1) is 18.6 Å². The highest BCUT2D eigenvalue weighted by Crippen LogP contribution is 2.37. The summed E-state index contributed by atoms with van der Waals surface area (Å²) in [5.41, 5.74) is 0.969. The Morgan fingerprint density at radius 1 is 1.21 bits per heavy atom. The van der Waals surface area contributed by atoms with E-state index in [0.717, 1.165) is 21.1 Å². The molecule has 28 heavy (non-hydrogen) atoms. The van der Waals surface area contributed by atoms with E-state index in [9.17, 15) is 19.5 Å². The first kappa shape index (κ1) is 20.6. The Balaban J connectivity index is 1.83. The van der Waals surface area contributed by atoms with E-state index in [1.54, 1.807) is 30.3 Å². The lowest BCUT2D eigenvalue weighted by Crippen LogP contribution is -2.33. The normalized spacial score (nSPS) is 15.4. The number of thioether (sulfide) groups is 1. The summed E-state index contributed by atoms with van der Waals surface area (Å²) in [6.07, 6.45) is 1.51. The number of carbonyl (C=O) groups excluding carboxylic acids is 3. The number of halogens is 2. The second-order valence-electron chi connectivity index (χ2n) is 5.74. The molecule has 144 valence electrons. The summed E-state index contributed by atoms with van der Waals surface area (Å²) in [7, 11) is 1.41. The predicted molar refractivity (Wildman–Crippen MR) is 114 cm³/mol. The molecule has 3 rings (SSSR count). The lowest BCUT2D eigenvalue weighted by atomic mass is 10.1. The van der Waals surface area contributed by atoms with Gasteiger partial charge < -0.3 is 9.84 Å². The van der Waals surface area contributed by atoms with Gasteiger partial charge in [0.25, 0.3) is 11.1 Å². The average Bonchev–Trinajstić information content (AvgIpc) is 2.91. The summed E-state index contributed by atoms with van der Waals surface area (Å²) >= 11 is 7.36. The van der Waals surface area contributed by atoms with Crippen molar-refractivity contribution in [2.24, 2.45) is 0 Å². The third-order valence-electron chi connectivity index (χ3n) is 3.93. The number of rotatable bonds is 5. The molecule has 0 aliphatic carbocycles. The number of carbonyl (C=O) groups is 3. The van der Waals surface area contributed by atoms with Gasteiger partial charge in [0.15, 0.2) is 17.3 Å². The third kappa shape index (κ3) is 4.31. The van der Waals surface area contributed by atoms with Crippen LogP contribution < -0.4 is 4.74 Å². The van der Waals surface area contributed by atoms with Gasteiger partial charge in [-0.3, -0.25) is 19.3 Å². The molecule has 0 aromatic heterocycles. The molecule has 0 radical (unpaired) electrons. The number of nitrogens with zero attached hydrogens (tertiary/aromatic N) is 1. The Morgan fingerprint density at radius 3 is 2.54 bits per heavy atom. The van der Waals surface area contributed by atoms with Gasteiger partial charge >= 0.3 is 0 Å². The molecule has 6 nitrogen and oxygen atoms in total. The monoisotopic (exact) mass is 525 g/mol. The van der Waals surface area contributed by atoms with E-state index >= 15 is 0 Å². The molecule has 0 bridgehead atoms. The fourth-order valence-electron chi connectivity index (χ4n) is 2.48. The van der Waals surface area contributed by atoms with Crippen molar-refractivity contribution in [2.45, 2.75) is 0 Å². The minimum absolute atomic E-state index is 0.0558. The van der Waals surface area contributed by atoms with Crippen LogP contribution >= 0.6 is 43.6 Å². The van der Waals surface area contributed by atoms with E-state index in [4.69, 9.17) is 4.74 Å². The van der Waals surface area contributed by atoms with Crippen LogP contribution in [-0.2, 0) is 4.79 Å². The summed E-state index contributed by atoms with van der Waals surface area (Å²) in [5, 5.41) is 9.28. The zero-order valence-electron chi connectivity index (χ0n) is 14.4. The number of aromatic hydroxyl groups is 1. The van der Waals surface area contributed by atoms with E-state index < -0.39 is 11.1 Å². The zero-order valence-corrected chi connectivity index (χ0v) is 18.4. The molecule has 2 aromatic rings. The maximum Gasteiger partial charge on any atom is 0.293 e. The lowest BCUT2D eigenvalue weighted by molar-refractivity contribution is -0.122. The molecule has 1 fully saturated rings. The van der Waals surface area contributed by atoms with E-state index in [-0.39, 0.29) is 28.7 Å². The summed E-state index contributed by atoms with van der Waals surface area (Å²) in [6, 6.07) is 9.67. The maximum atomic E-state index is 12.6. The quantitative estimate of drug-likeness (QED) is 0.443. The van der Waals surface area contributed by atoms with Crippen LogP contribution in [0.25, 0.3) is 6.08 Å². The standard InChI is InChI=1S/C19H13Br2NO5S/c1-27-16-6-11(13(21)8-14(16)23)7-17-18(25)22(19(26)28-17)9-15(24)10-2-4-12(20)5-3-10/h2-8,23H,9H2,1H3/b17-7-. The maximum absolute atomic E-state index is 12.6. The SMILES string of the molecule is COc1cc(/C=C2\SC(=O)N(CC(=O)c3ccc(Br)cc3)C2=O)c(Br)cc1O. The zero-order chi connectivity index (χ0) is 20.4. The number of hydrogen-bond acceptors (Lipinski definition) is 6. The molecule has 0 atom stereocenters. The first-order chi connectivity index (χ1) is 13.3. The summed E-state index contributed by atoms with van der Waals surface area (Å²) in [6.45, 7) is -0.330. The first-order valence-electron chi connectivity index (χ1n) is 7.90. The lowest BCUT2D eigenvalue weighted by Gasteiger charge is -2.11.